The number of rotatable bonds is 3. The number of hydrogen-bond donors (Lipinski definition) is 1. The third-order valence-corrected chi connectivity index (χ3v) is 1.73. The summed E-state index contributed by atoms with van der Waals surface area (Å²) in [5.74, 6) is -1.25. The highest BCUT2D eigenvalue weighted by molar-refractivity contribution is 5.45. The van der Waals surface area contributed by atoms with Crippen molar-refractivity contribution in [3.8, 4) is 6.07 Å². The zero-order chi connectivity index (χ0) is 10.6. The fourth-order valence-electron chi connectivity index (χ4n) is 1.06. The Kier molecular flexibility index (Phi) is 3.41. The van der Waals surface area contributed by atoms with Crippen LogP contribution in [0.25, 0.3) is 0 Å². The lowest BCUT2D eigenvalue weighted by Crippen LogP contribution is -2.15. The van der Waals surface area contributed by atoms with E-state index in [1.165, 1.54) is 12.1 Å². The first-order valence-electron chi connectivity index (χ1n) is 4.22. The normalized spacial score (nSPS) is 11.9. The Bertz CT molecular complexity index is 358. The van der Waals surface area contributed by atoms with Crippen molar-refractivity contribution < 1.29 is 8.78 Å². The molecule has 1 atom stereocenters. The molecule has 1 N–H and O–H groups in total. The lowest BCUT2D eigenvalue weighted by Gasteiger charge is -2.12. The summed E-state index contributed by atoms with van der Waals surface area (Å²) >= 11 is 0. The predicted molar refractivity (Wildman–Crippen MR) is 49.7 cm³/mol. The molecule has 0 spiro atoms. The van der Waals surface area contributed by atoms with Crippen LogP contribution in [0.3, 0.4) is 0 Å². The lowest BCUT2D eigenvalue weighted by atomic mass is 10.2. The van der Waals surface area contributed by atoms with Crippen molar-refractivity contribution in [3.05, 3.63) is 29.8 Å². The molecule has 14 heavy (non-hydrogen) atoms. The van der Waals surface area contributed by atoms with Gasteiger partial charge in [0.2, 0.25) is 0 Å². The largest absolute Gasteiger partial charge is 0.379 e. The first-order chi connectivity index (χ1) is 6.63. The molecule has 0 saturated carbocycles. The Morgan fingerprint density at radius 3 is 2.79 bits per heavy atom. The van der Waals surface area contributed by atoms with Gasteiger partial charge in [0.25, 0.3) is 0 Å². The average Bonchev–Trinajstić information content (AvgIpc) is 2.10. The predicted octanol–water partition coefficient (Wildman–Crippen LogP) is 2.68. The van der Waals surface area contributed by atoms with Gasteiger partial charge in [-0.3, -0.25) is 0 Å². The molecular formula is C10H10F2N2. The summed E-state index contributed by atoms with van der Waals surface area (Å²) in [5, 5.41) is 11.2. The van der Waals surface area contributed by atoms with E-state index < -0.39 is 11.6 Å². The van der Waals surface area contributed by atoms with Crippen LogP contribution in [0, 0.1) is 23.0 Å². The van der Waals surface area contributed by atoms with Gasteiger partial charge < -0.3 is 5.32 Å². The highest BCUT2D eigenvalue weighted by atomic mass is 19.1. The molecule has 0 heterocycles. The molecule has 0 aliphatic heterocycles. The zero-order valence-electron chi connectivity index (χ0n) is 7.72. The Hall–Kier alpha value is -1.63. The van der Waals surface area contributed by atoms with E-state index in [2.05, 4.69) is 5.32 Å². The van der Waals surface area contributed by atoms with Crippen LogP contribution in [-0.4, -0.2) is 6.04 Å². The van der Waals surface area contributed by atoms with Crippen LogP contribution in [0.5, 0.6) is 0 Å². The van der Waals surface area contributed by atoms with Gasteiger partial charge >= 0.3 is 0 Å². The zero-order valence-corrected chi connectivity index (χ0v) is 7.72. The second kappa shape index (κ2) is 4.56. The molecule has 74 valence electrons. The van der Waals surface area contributed by atoms with Gasteiger partial charge in [-0.25, -0.2) is 8.78 Å². The first-order valence-corrected chi connectivity index (χ1v) is 4.22. The van der Waals surface area contributed by atoms with E-state index in [1.54, 1.807) is 6.92 Å². The number of hydrogen-bond acceptors (Lipinski definition) is 2. The smallest absolute Gasteiger partial charge is 0.149 e. The van der Waals surface area contributed by atoms with E-state index in [-0.39, 0.29) is 18.2 Å². The lowest BCUT2D eigenvalue weighted by molar-refractivity contribution is 0.583. The summed E-state index contributed by atoms with van der Waals surface area (Å²) in [5.41, 5.74) is 0.217. The molecular weight excluding hydrogens is 186 g/mol. The van der Waals surface area contributed by atoms with E-state index in [0.717, 1.165) is 6.07 Å². The fourth-order valence-corrected chi connectivity index (χ4v) is 1.06. The summed E-state index contributed by atoms with van der Waals surface area (Å²) in [4.78, 5) is 0. The van der Waals surface area contributed by atoms with Gasteiger partial charge in [-0.15, -0.1) is 0 Å². The average molecular weight is 196 g/mol. The molecule has 0 bridgehead atoms. The molecule has 1 aromatic rings. The number of nitriles is 1. The van der Waals surface area contributed by atoms with E-state index in [1.807, 2.05) is 6.07 Å². The monoisotopic (exact) mass is 196 g/mol. The molecule has 4 heteroatoms. The summed E-state index contributed by atoms with van der Waals surface area (Å²) in [6, 6.07) is 5.10. The maximum atomic E-state index is 13.1. The minimum Gasteiger partial charge on any atom is -0.379 e. The van der Waals surface area contributed by atoms with E-state index >= 15 is 0 Å². The Balaban J connectivity index is 2.73. The molecule has 2 nitrogen and oxygen atoms in total. The summed E-state index contributed by atoms with van der Waals surface area (Å²) < 4.78 is 25.6. The van der Waals surface area contributed by atoms with Crippen molar-refractivity contribution in [1.82, 2.24) is 0 Å². The second-order valence-electron chi connectivity index (χ2n) is 3.03. The van der Waals surface area contributed by atoms with Gasteiger partial charge in [-0.1, -0.05) is 0 Å². The standard InChI is InChI=1S/C10H10F2N2/c1-7(4-5-13)14-10-3-2-8(11)6-9(10)12/h2-3,6-7,14H,4H2,1H3. The van der Waals surface area contributed by atoms with Crippen LogP contribution < -0.4 is 5.32 Å². The van der Waals surface area contributed by atoms with Gasteiger partial charge in [0.05, 0.1) is 18.2 Å². The van der Waals surface area contributed by atoms with Crippen LogP contribution in [0.1, 0.15) is 13.3 Å². The fraction of sp³-hybridized carbons (Fsp3) is 0.300. The number of nitrogens with one attached hydrogen (secondary N) is 1. The van der Waals surface area contributed by atoms with Gasteiger partial charge in [-0.2, -0.15) is 5.26 Å². The van der Waals surface area contributed by atoms with Crippen molar-refractivity contribution in [1.29, 1.82) is 5.26 Å². The maximum absolute atomic E-state index is 13.1. The highest BCUT2D eigenvalue weighted by Gasteiger charge is 2.06. The molecule has 0 aliphatic rings. The third kappa shape index (κ3) is 2.70. The molecule has 0 radical (unpaired) electrons. The molecule has 0 amide bonds. The summed E-state index contributed by atoms with van der Waals surface area (Å²) in [6.45, 7) is 1.76. The van der Waals surface area contributed by atoms with E-state index in [9.17, 15) is 8.78 Å². The summed E-state index contributed by atoms with van der Waals surface area (Å²) in [6.07, 6.45) is 0.275. The van der Waals surface area contributed by atoms with Crippen molar-refractivity contribution in [3.63, 3.8) is 0 Å². The van der Waals surface area contributed by atoms with Crippen molar-refractivity contribution in [2.45, 2.75) is 19.4 Å². The number of benzene rings is 1. The highest BCUT2D eigenvalue weighted by Crippen LogP contribution is 2.16. The topological polar surface area (TPSA) is 35.8 Å². The molecule has 0 fully saturated rings. The SMILES string of the molecule is CC(CC#N)Nc1ccc(F)cc1F. The van der Waals surface area contributed by atoms with Gasteiger partial charge in [0.15, 0.2) is 0 Å². The third-order valence-electron chi connectivity index (χ3n) is 1.73. The van der Waals surface area contributed by atoms with Crippen molar-refractivity contribution in [2.24, 2.45) is 0 Å². The maximum Gasteiger partial charge on any atom is 0.149 e. The van der Waals surface area contributed by atoms with E-state index in [4.69, 9.17) is 5.26 Å². The molecule has 1 unspecified atom stereocenters. The Morgan fingerprint density at radius 2 is 2.21 bits per heavy atom. The van der Waals surface area contributed by atoms with Crippen LogP contribution >= 0.6 is 0 Å². The van der Waals surface area contributed by atoms with Gasteiger partial charge in [-0.05, 0) is 19.1 Å². The number of anilines is 1. The molecule has 0 aliphatic carbocycles. The van der Waals surface area contributed by atoms with Gasteiger partial charge in [0, 0.05) is 12.1 Å². The minimum absolute atomic E-state index is 0.153. The first kappa shape index (κ1) is 10.5. The second-order valence-corrected chi connectivity index (χ2v) is 3.03. The molecule has 0 saturated heterocycles. The minimum atomic E-state index is -0.644. The van der Waals surface area contributed by atoms with Crippen LogP contribution in [0.15, 0.2) is 18.2 Å². The number of halogens is 2. The van der Waals surface area contributed by atoms with Crippen LogP contribution in [0.2, 0.25) is 0 Å². The van der Waals surface area contributed by atoms with Crippen LogP contribution in [-0.2, 0) is 0 Å². The quantitative estimate of drug-likeness (QED) is 0.806. The Morgan fingerprint density at radius 1 is 1.50 bits per heavy atom. The number of nitrogens with zero attached hydrogens (tertiary/aromatic N) is 1. The Labute approximate surface area is 81.2 Å². The van der Waals surface area contributed by atoms with Crippen LogP contribution in [0.4, 0.5) is 14.5 Å². The molecule has 1 aromatic carbocycles. The molecule has 0 aromatic heterocycles. The molecule has 1 rings (SSSR count). The summed E-state index contributed by atoms with van der Waals surface area (Å²) in [7, 11) is 0. The van der Waals surface area contributed by atoms with E-state index in [0.29, 0.717) is 0 Å². The van der Waals surface area contributed by atoms with Gasteiger partial charge in [0.1, 0.15) is 11.6 Å². The van der Waals surface area contributed by atoms with Crippen molar-refractivity contribution >= 4 is 5.69 Å². The van der Waals surface area contributed by atoms with Crippen molar-refractivity contribution in [2.75, 3.05) is 5.32 Å².